The van der Waals surface area contributed by atoms with Gasteiger partial charge in [0.25, 0.3) is 5.91 Å². The van der Waals surface area contributed by atoms with Gasteiger partial charge in [-0.3, -0.25) is 42.1 Å². The number of aromatic nitrogens is 5. The Kier molecular flexibility index (Phi) is 22.2. The molecule has 9 atom stereocenters. The molecule has 5 heterocycles. The van der Waals surface area contributed by atoms with Crippen LogP contribution in [-0.2, 0) is 74.7 Å². The molecule has 9 unspecified atom stereocenters. The molecule has 34 nitrogen and oxygen atoms in total. The Morgan fingerprint density at radius 2 is 1.78 bits per heavy atom. The first-order valence-corrected chi connectivity index (χ1v) is 29.3. The maximum atomic E-state index is 13.5. The van der Waals surface area contributed by atoms with Crippen molar-refractivity contribution < 1.29 is 104 Å². The molecule has 0 aliphatic carbocycles. The summed E-state index contributed by atoms with van der Waals surface area (Å²) >= 11 is 2.91. The fourth-order valence-electron chi connectivity index (χ4n) is 6.77. The number of amides is 3. The number of hydrogen-bond acceptors (Lipinski definition) is 29. The molecule has 0 aromatic carbocycles. The Hall–Kier alpha value is -5.04. The van der Waals surface area contributed by atoms with Gasteiger partial charge in [-0.1, -0.05) is 30.8 Å². The van der Waals surface area contributed by atoms with Crippen LogP contribution in [0.4, 0.5) is 10.9 Å². The summed E-state index contributed by atoms with van der Waals surface area (Å²) in [6, 6.07) is -1.24. The largest absolute Gasteiger partial charge is 0.481 e. The van der Waals surface area contributed by atoms with Crippen molar-refractivity contribution >= 4 is 121 Å². The molecule has 0 bridgehead atoms. The number of fused-ring (bicyclic) bond motifs is 1. The van der Waals surface area contributed by atoms with Gasteiger partial charge in [0, 0.05) is 41.8 Å². The lowest BCUT2D eigenvalue weighted by molar-refractivity contribution is -0.140. The number of aliphatic hydroxyl groups excluding tert-OH is 2. The topological polar surface area (TPSA) is 509 Å². The zero-order valence-electron chi connectivity index (χ0n) is 40.6. The molecule has 1 saturated heterocycles. The molecular weight excluding hydrogens is 1150 g/mol. The van der Waals surface area contributed by atoms with E-state index in [0.29, 0.717) is 11.9 Å². The Labute approximate surface area is 447 Å². The number of phosphoric acid groups is 3. The second-order valence-corrected chi connectivity index (χ2v) is 24.0. The normalized spacial score (nSPS) is 21.5. The van der Waals surface area contributed by atoms with Crippen LogP contribution in [0.25, 0.3) is 11.2 Å². The first-order valence-electron chi connectivity index (χ1n) is 21.9. The number of aldehydes is 1. The standard InChI is InChI=1S/C37H53N12O22P3S3/c1-37(2,14-68-74(63,64)71-73(61,62)67-11-20-27(70-72(58,59)60)26(53)34(69-20)49-16-44-25-29(38)42-15-43-30(25)49)28(54)32(56)41-6-5-21(51)40-7-8-75-35(57)23-17(9-22(52)65-3)12-76-33(47-23)18(10-50)45-31(55)24(48-66-4)19-13-77-36(39)46-19/h10,13,15-16,18,20,26-28,33-34,47,53-54H,5-9,11-12,14H2,1-4H3,(H2,39,46)(H,40,51)(H,41,56)(H,45,55)(H,61,62)(H,63,64)(H2,38,42,43)(H2,58,59,60)/b48-24+. The van der Waals surface area contributed by atoms with Gasteiger partial charge in [0.05, 0.1) is 44.1 Å². The lowest BCUT2D eigenvalue weighted by atomic mass is 9.87. The number of nitrogen functional groups attached to an aromatic ring is 2. The highest BCUT2D eigenvalue weighted by Gasteiger charge is 2.50. The predicted octanol–water partition coefficient (Wildman–Crippen LogP) is -2.08. The van der Waals surface area contributed by atoms with E-state index in [1.807, 2.05) is 0 Å². The molecule has 40 heteroatoms. The van der Waals surface area contributed by atoms with Crippen LogP contribution in [0.1, 0.15) is 38.6 Å². The summed E-state index contributed by atoms with van der Waals surface area (Å²) < 4.78 is 67.3. The van der Waals surface area contributed by atoms with Gasteiger partial charge in [-0.25, -0.2) is 33.6 Å². The maximum absolute atomic E-state index is 13.5. The number of nitrogens with one attached hydrogen (secondary N) is 4. The van der Waals surface area contributed by atoms with E-state index >= 15 is 0 Å². The van der Waals surface area contributed by atoms with Crippen molar-refractivity contribution in [2.75, 3.05) is 63.5 Å². The highest BCUT2D eigenvalue weighted by molar-refractivity contribution is 8.14. The van der Waals surface area contributed by atoms with Crippen molar-refractivity contribution in [3.8, 4) is 0 Å². The third kappa shape index (κ3) is 17.7. The smallest absolute Gasteiger partial charge is 0.469 e. The number of carbonyl (C=O) groups excluding carboxylic acids is 6. The lowest BCUT2D eigenvalue weighted by Gasteiger charge is -2.31. The van der Waals surface area contributed by atoms with E-state index in [2.05, 4.69) is 55.2 Å². The number of imidazole rings is 1. The molecule has 3 aromatic rings. The van der Waals surface area contributed by atoms with Crippen molar-refractivity contribution in [2.45, 2.75) is 68.7 Å². The van der Waals surface area contributed by atoms with Crippen LogP contribution in [-0.4, -0.2) is 183 Å². The van der Waals surface area contributed by atoms with Gasteiger partial charge in [-0.2, -0.15) is 4.31 Å². The number of oxime groups is 1. The second-order valence-electron chi connectivity index (χ2n) is 16.6. The van der Waals surface area contributed by atoms with E-state index in [4.69, 9.17) is 34.8 Å². The van der Waals surface area contributed by atoms with Gasteiger partial charge in [0.1, 0.15) is 61.4 Å². The quantitative estimate of drug-likeness (QED) is 0.00927. The van der Waals surface area contributed by atoms with Gasteiger partial charge in [-0.15, -0.1) is 23.1 Å². The third-order valence-corrected chi connectivity index (χ3v) is 16.5. The molecule has 0 saturated carbocycles. The number of phosphoric ester groups is 3. The summed E-state index contributed by atoms with van der Waals surface area (Å²) in [5.74, 6) is -3.15. The summed E-state index contributed by atoms with van der Waals surface area (Å²) in [7, 11) is -14.2. The molecule has 14 N–H and O–H groups in total. The molecule has 3 amide bonds. The maximum Gasteiger partial charge on any atom is 0.481 e. The molecule has 5 rings (SSSR count). The first kappa shape index (κ1) is 62.8. The van der Waals surface area contributed by atoms with Crippen LogP contribution >= 0.6 is 58.3 Å². The predicted molar refractivity (Wildman–Crippen MR) is 268 cm³/mol. The van der Waals surface area contributed by atoms with E-state index in [9.17, 15) is 72.2 Å². The summed E-state index contributed by atoms with van der Waals surface area (Å²) in [5.41, 5.74) is 9.94. The fourth-order valence-corrected chi connectivity index (χ4v) is 12.1. The number of nitrogens with zero attached hydrogens (tertiary/aromatic N) is 6. The fraction of sp³-hybridized carbons (Fsp3) is 0.541. The Morgan fingerprint density at radius 1 is 1.06 bits per heavy atom. The Morgan fingerprint density at radius 3 is 2.43 bits per heavy atom. The van der Waals surface area contributed by atoms with Crippen LogP contribution in [0.3, 0.4) is 0 Å². The zero-order chi connectivity index (χ0) is 57.0. The van der Waals surface area contributed by atoms with Crippen LogP contribution in [0, 0.1) is 5.41 Å². The average molecular weight is 1210 g/mol. The van der Waals surface area contributed by atoms with Crippen molar-refractivity contribution in [2.24, 2.45) is 10.6 Å². The molecule has 1 fully saturated rings. The molecule has 0 spiro atoms. The third-order valence-electron chi connectivity index (χ3n) is 10.5. The number of esters is 1. The van der Waals surface area contributed by atoms with Gasteiger partial charge >= 0.3 is 29.4 Å². The minimum Gasteiger partial charge on any atom is -0.469 e. The number of nitrogens with two attached hydrogens (primary N) is 2. The van der Waals surface area contributed by atoms with E-state index in [1.165, 1.54) is 26.3 Å². The van der Waals surface area contributed by atoms with Crippen molar-refractivity contribution in [3.05, 3.63) is 35.0 Å². The van der Waals surface area contributed by atoms with E-state index < -0.39 is 113 Å². The number of hydrogen-bond donors (Lipinski definition) is 12. The monoisotopic (exact) mass is 1210 g/mol. The number of methoxy groups -OCH3 is 1. The average Bonchev–Trinajstić information content (AvgIpc) is 4.08. The number of anilines is 2. The number of rotatable bonds is 28. The Balaban J connectivity index is 1.06. The van der Waals surface area contributed by atoms with Crippen molar-refractivity contribution in [1.29, 1.82) is 0 Å². The zero-order valence-corrected chi connectivity index (χ0v) is 45.8. The summed E-state index contributed by atoms with van der Waals surface area (Å²) in [4.78, 5) is 137. The highest BCUT2D eigenvalue weighted by atomic mass is 32.2. The summed E-state index contributed by atoms with van der Waals surface area (Å²) in [6.45, 7) is -0.139. The number of aliphatic hydroxyl groups is 2. The molecule has 0 radical (unpaired) electrons. The van der Waals surface area contributed by atoms with Crippen molar-refractivity contribution in [3.63, 3.8) is 0 Å². The van der Waals surface area contributed by atoms with Gasteiger partial charge in [0.15, 0.2) is 28.5 Å². The lowest BCUT2D eigenvalue weighted by Crippen LogP contribution is -2.53. The Bertz CT molecular complexity index is 2870. The summed E-state index contributed by atoms with van der Waals surface area (Å²) in [5, 5.41) is 35.8. The van der Waals surface area contributed by atoms with Crippen LogP contribution in [0.5, 0.6) is 0 Å². The molecule has 3 aromatic heterocycles. The van der Waals surface area contributed by atoms with E-state index in [0.717, 1.165) is 59.2 Å². The SMILES string of the molecule is CO/N=C(/C(=O)NC(C=O)C1NC(C(=O)SCCNC(=O)CCNC(=O)C(O)C(C)(C)COP(=O)(O)OP(=O)(O)OCC2OC(n3cnc4c(N)ncnc43)C(O)C2OP(=O)(O)O)=C(CC(=O)OC)CS1)c1csc(N)n1. The van der Waals surface area contributed by atoms with Gasteiger partial charge in [-0.05, 0) is 5.57 Å². The molecular formula is C37H53N12O22P3S3. The van der Waals surface area contributed by atoms with Crippen LogP contribution in [0.15, 0.2) is 34.5 Å². The highest BCUT2D eigenvalue weighted by Crippen LogP contribution is 2.61. The second kappa shape index (κ2) is 27.2. The molecule has 2 aliphatic rings. The summed E-state index contributed by atoms with van der Waals surface area (Å²) in [6.07, 6.45) is -7.23. The first-order chi connectivity index (χ1) is 36.1. The van der Waals surface area contributed by atoms with Gasteiger partial charge < -0.3 is 81.6 Å². The number of thioether (sulfide) groups is 2. The van der Waals surface area contributed by atoms with Gasteiger partial charge in [0.2, 0.25) is 16.9 Å². The van der Waals surface area contributed by atoms with E-state index in [1.54, 1.807) is 0 Å². The van der Waals surface area contributed by atoms with Crippen molar-refractivity contribution in [1.82, 2.24) is 45.8 Å². The molecule has 426 valence electrons. The number of carbonyl (C=O) groups is 6. The number of thiazole rings is 1. The van der Waals surface area contributed by atoms with E-state index in [-0.39, 0.29) is 76.7 Å². The molecule has 2 aliphatic heterocycles. The van der Waals surface area contributed by atoms with Crippen LogP contribution in [0.2, 0.25) is 0 Å². The van der Waals surface area contributed by atoms with Crippen LogP contribution < -0.4 is 32.7 Å². The minimum atomic E-state index is -5.65. The minimum absolute atomic E-state index is 0.00218. The number of ether oxygens (including phenoxy) is 2. The molecule has 77 heavy (non-hydrogen) atoms.